The predicted octanol–water partition coefficient (Wildman–Crippen LogP) is 4.42. The first-order valence-electron chi connectivity index (χ1n) is 11.4. The van der Waals surface area contributed by atoms with Crippen molar-refractivity contribution < 1.29 is 28.2 Å². The maximum atomic E-state index is 13.9. The number of hydrogen-bond acceptors (Lipinski definition) is 5. The van der Waals surface area contributed by atoms with Gasteiger partial charge < -0.3 is 20.1 Å². The van der Waals surface area contributed by atoms with Crippen LogP contribution in [0, 0.1) is 11.6 Å². The molecule has 5 rings (SSSR count). The summed E-state index contributed by atoms with van der Waals surface area (Å²) in [5.41, 5.74) is 0.190. The van der Waals surface area contributed by atoms with Crippen LogP contribution in [0.5, 0.6) is 17.4 Å². The van der Waals surface area contributed by atoms with Crippen molar-refractivity contribution in [1.82, 2.24) is 15.2 Å². The lowest BCUT2D eigenvalue weighted by molar-refractivity contribution is 0.0546. The summed E-state index contributed by atoms with van der Waals surface area (Å²) < 4.78 is 32.7. The van der Waals surface area contributed by atoms with Gasteiger partial charge in [-0.15, -0.1) is 0 Å². The summed E-state index contributed by atoms with van der Waals surface area (Å²) in [7, 11) is 0. The van der Waals surface area contributed by atoms with E-state index >= 15 is 0 Å². The van der Waals surface area contributed by atoms with Gasteiger partial charge in [-0.3, -0.25) is 9.59 Å². The van der Waals surface area contributed by atoms with E-state index in [1.807, 2.05) is 4.90 Å². The van der Waals surface area contributed by atoms with Crippen LogP contribution in [0.15, 0.2) is 60.8 Å². The zero-order chi connectivity index (χ0) is 24.5. The highest BCUT2D eigenvalue weighted by atomic mass is 19.1. The fraction of sp³-hybridized carbons (Fsp3) is 0.269. The number of carbonyl (C=O) groups is 2. The standard InChI is InChI=1S/C26H23F2N3O4/c27-15-5-9-20(10-6-15)35-25-22(11-16(28)14-29-25)24(33)30-17-12-18-7-8-19(13-17)31(18)26(34)21-3-1-2-4-23(21)32/h1-6,9-11,14,17-19,32H,7-8,12-13H2,(H,30,33). The molecule has 0 saturated carbocycles. The summed E-state index contributed by atoms with van der Waals surface area (Å²) in [4.78, 5) is 31.9. The summed E-state index contributed by atoms with van der Waals surface area (Å²) in [6, 6.07) is 12.3. The molecule has 2 aliphatic heterocycles. The molecule has 1 aromatic heterocycles. The minimum Gasteiger partial charge on any atom is -0.507 e. The number of aromatic nitrogens is 1. The molecule has 2 bridgehead atoms. The minimum absolute atomic E-state index is 0.0559. The molecule has 35 heavy (non-hydrogen) atoms. The van der Waals surface area contributed by atoms with Crippen LogP contribution >= 0.6 is 0 Å². The van der Waals surface area contributed by atoms with E-state index in [-0.39, 0.29) is 52.5 Å². The van der Waals surface area contributed by atoms with Crippen molar-refractivity contribution in [2.24, 2.45) is 0 Å². The van der Waals surface area contributed by atoms with Crippen molar-refractivity contribution >= 4 is 11.8 Å². The van der Waals surface area contributed by atoms with Crippen LogP contribution in [0.2, 0.25) is 0 Å². The fourth-order valence-electron chi connectivity index (χ4n) is 4.97. The highest BCUT2D eigenvalue weighted by Crippen LogP contribution is 2.38. The van der Waals surface area contributed by atoms with Crippen molar-refractivity contribution in [3.63, 3.8) is 0 Å². The quantitative estimate of drug-likeness (QED) is 0.565. The number of rotatable bonds is 5. The SMILES string of the molecule is O=C(NC1CC2CCC(C1)N2C(=O)c1ccccc1O)c1cc(F)cnc1Oc1ccc(F)cc1. The van der Waals surface area contributed by atoms with Gasteiger partial charge in [-0.1, -0.05) is 12.1 Å². The summed E-state index contributed by atoms with van der Waals surface area (Å²) >= 11 is 0. The zero-order valence-electron chi connectivity index (χ0n) is 18.7. The smallest absolute Gasteiger partial charge is 0.258 e. The number of phenols is 1. The van der Waals surface area contributed by atoms with Gasteiger partial charge in [0.15, 0.2) is 0 Å². The normalized spacial score (nSPS) is 21.0. The molecule has 2 aliphatic rings. The number of nitrogens with zero attached hydrogens (tertiary/aromatic N) is 2. The Bertz CT molecular complexity index is 1250. The monoisotopic (exact) mass is 479 g/mol. The molecular formula is C26H23F2N3O4. The van der Waals surface area contributed by atoms with Gasteiger partial charge in [0.05, 0.1) is 11.8 Å². The molecule has 3 heterocycles. The first-order valence-corrected chi connectivity index (χ1v) is 11.4. The number of phenolic OH excluding ortho intramolecular Hbond substituents is 1. The second-order valence-electron chi connectivity index (χ2n) is 8.82. The minimum atomic E-state index is -0.690. The van der Waals surface area contributed by atoms with Crippen molar-refractivity contribution in [1.29, 1.82) is 0 Å². The maximum Gasteiger partial charge on any atom is 0.258 e. The predicted molar refractivity (Wildman–Crippen MR) is 122 cm³/mol. The molecule has 0 aliphatic carbocycles. The molecule has 2 unspecified atom stereocenters. The van der Waals surface area contributed by atoms with Gasteiger partial charge in [-0.05, 0) is 68.1 Å². The van der Waals surface area contributed by atoms with E-state index in [9.17, 15) is 23.5 Å². The van der Waals surface area contributed by atoms with E-state index < -0.39 is 17.5 Å². The number of fused-ring (bicyclic) bond motifs is 2. The Morgan fingerprint density at radius 1 is 0.971 bits per heavy atom. The number of aromatic hydroxyl groups is 1. The van der Waals surface area contributed by atoms with Gasteiger partial charge in [0.1, 0.15) is 28.7 Å². The molecule has 2 atom stereocenters. The van der Waals surface area contributed by atoms with E-state index in [1.54, 1.807) is 18.2 Å². The Hall–Kier alpha value is -4.01. The molecule has 2 saturated heterocycles. The van der Waals surface area contributed by atoms with Crippen LogP contribution < -0.4 is 10.1 Å². The lowest BCUT2D eigenvalue weighted by Gasteiger charge is -2.39. The molecule has 9 heteroatoms. The third-order valence-electron chi connectivity index (χ3n) is 6.53. The van der Waals surface area contributed by atoms with Crippen LogP contribution in [-0.4, -0.2) is 44.9 Å². The van der Waals surface area contributed by atoms with Gasteiger partial charge in [-0.25, -0.2) is 13.8 Å². The number of pyridine rings is 1. The average Bonchev–Trinajstić information content (AvgIpc) is 3.11. The van der Waals surface area contributed by atoms with E-state index in [0.29, 0.717) is 12.8 Å². The summed E-state index contributed by atoms with van der Waals surface area (Å²) in [6.07, 6.45) is 3.63. The number of amides is 2. The number of para-hydroxylation sites is 1. The molecule has 0 spiro atoms. The van der Waals surface area contributed by atoms with Crippen LogP contribution in [0.25, 0.3) is 0 Å². The highest BCUT2D eigenvalue weighted by Gasteiger charge is 2.44. The van der Waals surface area contributed by atoms with Gasteiger partial charge in [0.25, 0.3) is 11.8 Å². The van der Waals surface area contributed by atoms with Gasteiger partial charge in [0.2, 0.25) is 5.88 Å². The van der Waals surface area contributed by atoms with E-state index in [4.69, 9.17) is 4.74 Å². The van der Waals surface area contributed by atoms with E-state index in [2.05, 4.69) is 10.3 Å². The van der Waals surface area contributed by atoms with Gasteiger partial charge >= 0.3 is 0 Å². The lowest BCUT2D eigenvalue weighted by atomic mass is 9.95. The zero-order valence-corrected chi connectivity index (χ0v) is 18.7. The second-order valence-corrected chi connectivity index (χ2v) is 8.82. The largest absolute Gasteiger partial charge is 0.507 e. The second kappa shape index (κ2) is 9.32. The third kappa shape index (κ3) is 4.66. The molecule has 180 valence electrons. The van der Waals surface area contributed by atoms with Crippen LogP contribution in [0.3, 0.4) is 0 Å². The van der Waals surface area contributed by atoms with Gasteiger partial charge in [-0.2, -0.15) is 0 Å². The average molecular weight is 479 g/mol. The molecule has 2 aromatic carbocycles. The Labute approximate surface area is 200 Å². The van der Waals surface area contributed by atoms with Crippen molar-refractivity contribution in [2.45, 2.75) is 43.8 Å². The topological polar surface area (TPSA) is 91.8 Å². The molecule has 3 aromatic rings. The van der Waals surface area contributed by atoms with Crippen molar-refractivity contribution in [3.8, 4) is 17.4 Å². The third-order valence-corrected chi connectivity index (χ3v) is 6.53. The number of piperidine rings is 1. The number of ether oxygens (including phenoxy) is 1. The van der Waals surface area contributed by atoms with Crippen molar-refractivity contribution in [2.75, 3.05) is 0 Å². The number of halogens is 2. The van der Waals surface area contributed by atoms with Crippen LogP contribution in [0.1, 0.15) is 46.4 Å². The molecule has 7 nitrogen and oxygen atoms in total. The summed E-state index contributed by atoms with van der Waals surface area (Å²) in [5, 5.41) is 13.0. The van der Waals surface area contributed by atoms with Crippen LogP contribution in [0.4, 0.5) is 8.78 Å². The first-order chi connectivity index (χ1) is 16.9. The maximum absolute atomic E-state index is 13.9. The van der Waals surface area contributed by atoms with Crippen molar-refractivity contribution in [3.05, 3.63) is 83.6 Å². The lowest BCUT2D eigenvalue weighted by Crippen LogP contribution is -2.52. The van der Waals surface area contributed by atoms with E-state index in [0.717, 1.165) is 25.1 Å². The Morgan fingerprint density at radius 2 is 1.66 bits per heavy atom. The van der Waals surface area contributed by atoms with Crippen LogP contribution in [-0.2, 0) is 0 Å². The number of carbonyl (C=O) groups excluding carboxylic acids is 2. The van der Waals surface area contributed by atoms with Gasteiger partial charge in [0, 0.05) is 18.1 Å². The summed E-state index contributed by atoms with van der Waals surface area (Å²) in [5.74, 6) is -1.78. The molecular weight excluding hydrogens is 456 g/mol. The summed E-state index contributed by atoms with van der Waals surface area (Å²) in [6.45, 7) is 0. The first kappa shape index (κ1) is 22.8. The number of benzene rings is 2. The Balaban J connectivity index is 1.29. The Morgan fingerprint density at radius 3 is 2.34 bits per heavy atom. The molecule has 2 N–H and O–H groups in total. The molecule has 0 radical (unpaired) electrons. The number of nitrogens with one attached hydrogen (secondary N) is 1. The highest BCUT2D eigenvalue weighted by molar-refractivity contribution is 5.98. The van der Waals surface area contributed by atoms with E-state index in [1.165, 1.54) is 30.3 Å². The fourth-order valence-corrected chi connectivity index (χ4v) is 4.97. The Kier molecular flexibility index (Phi) is 6.07. The molecule has 2 amide bonds. The molecule has 2 fully saturated rings. The number of hydrogen-bond donors (Lipinski definition) is 2.